The molecule has 0 bridgehead atoms. The summed E-state index contributed by atoms with van der Waals surface area (Å²) < 4.78 is 36.9. The molecular weight excluding hydrogens is 717 g/mol. The SMILES string of the molecule is Brc1ccc(-c2ccccc2)nc1.CC1(C)OB(B2OC(C)(C)C(C)(C)O2)OC1(C)C.CC1(C)OB(c2ccc(-c3ccccc3)nc2)OC1(C)C. The molecule has 3 saturated heterocycles. The molecule has 0 spiro atoms. The van der Waals surface area contributed by atoms with Gasteiger partial charge in [0, 0.05) is 33.5 Å². The number of halogens is 1. The largest absolute Gasteiger partial charge is 0.496 e. The van der Waals surface area contributed by atoms with Crippen LogP contribution in [0.3, 0.4) is 0 Å². The van der Waals surface area contributed by atoms with E-state index in [1.165, 1.54) is 0 Å². The summed E-state index contributed by atoms with van der Waals surface area (Å²) in [4.78, 5) is 8.83. The number of pyridine rings is 2. The molecule has 8 nitrogen and oxygen atoms in total. The summed E-state index contributed by atoms with van der Waals surface area (Å²) in [7, 11) is -1.31. The van der Waals surface area contributed by atoms with Crippen LogP contribution in [0, 0.1) is 0 Å². The predicted octanol–water partition coefficient (Wildman–Crippen LogP) is 8.81. The maximum atomic E-state index is 6.03. The number of benzene rings is 2. The molecule has 5 heterocycles. The van der Waals surface area contributed by atoms with Crippen LogP contribution in [0.15, 0.2) is 102 Å². The van der Waals surface area contributed by atoms with Gasteiger partial charge >= 0.3 is 21.1 Å². The molecule has 3 aliphatic rings. The zero-order valence-corrected chi connectivity index (χ0v) is 34.3. The van der Waals surface area contributed by atoms with Gasteiger partial charge in [-0.2, -0.15) is 0 Å². The van der Waals surface area contributed by atoms with Gasteiger partial charge in [-0.25, -0.2) is 0 Å². The summed E-state index contributed by atoms with van der Waals surface area (Å²) in [6, 6.07) is 28.3. The highest BCUT2D eigenvalue weighted by molar-refractivity contribution is 9.10. The van der Waals surface area contributed by atoms with Crippen LogP contribution in [0.2, 0.25) is 0 Å². The Morgan fingerprint density at radius 2 is 0.769 bits per heavy atom. The van der Waals surface area contributed by atoms with Gasteiger partial charge < -0.3 is 27.9 Å². The lowest BCUT2D eigenvalue weighted by atomic mass is 9.49. The fourth-order valence-corrected chi connectivity index (χ4v) is 5.69. The average molecular weight is 769 g/mol. The first-order chi connectivity index (χ1) is 24.1. The Bertz CT molecular complexity index is 1690. The summed E-state index contributed by atoms with van der Waals surface area (Å²) in [5.74, 6) is 0. The molecular formula is C40H52B3BrN2O6. The van der Waals surface area contributed by atoms with Crippen LogP contribution in [0.5, 0.6) is 0 Å². The Morgan fingerprint density at radius 3 is 1.10 bits per heavy atom. The molecule has 274 valence electrons. The molecule has 2 aromatic heterocycles. The summed E-state index contributed by atoms with van der Waals surface area (Å²) >= 11 is 3.36. The maximum Gasteiger partial charge on any atom is 0.496 e. The Balaban J connectivity index is 0.000000155. The van der Waals surface area contributed by atoms with Crippen molar-refractivity contribution in [1.82, 2.24) is 9.97 Å². The maximum absolute atomic E-state index is 6.03. The third kappa shape index (κ3) is 8.92. The third-order valence-corrected chi connectivity index (χ3v) is 11.4. The molecule has 0 saturated carbocycles. The Hall–Kier alpha value is -2.83. The molecule has 0 N–H and O–H groups in total. The standard InChI is InChI=1S/C17H20BNO2.C12H24B2O4.C11H8BrN/c1-16(2)17(3,4)21-18(20-16)14-10-11-15(19-12-14)13-8-6-5-7-9-13;1-9(2)10(3,4)16-13(15-9)14-17-11(5,6)12(7,8)18-14;12-10-6-7-11(13-8-10)9-4-2-1-3-5-9/h5-12H,1-4H3;1-8H3;1-8H. The lowest BCUT2D eigenvalue weighted by molar-refractivity contribution is 0.00578. The molecule has 3 fully saturated rings. The average Bonchev–Trinajstić information content (AvgIpc) is 3.55. The van der Waals surface area contributed by atoms with Crippen molar-refractivity contribution in [1.29, 1.82) is 0 Å². The zero-order valence-electron chi connectivity index (χ0n) is 32.7. The second-order valence-corrected chi connectivity index (χ2v) is 17.3. The summed E-state index contributed by atoms with van der Waals surface area (Å²) in [6.07, 6.45) is 3.65. The van der Waals surface area contributed by atoms with Gasteiger partial charge in [-0.3, -0.25) is 9.97 Å². The lowest BCUT2D eigenvalue weighted by Gasteiger charge is -2.32. The van der Waals surface area contributed by atoms with E-state index < -0.39 is 14.0 Å². The van der Waals surface area contributed by atoms with E-state index >= 15 is 0 Å². The Morgan fingerprint density at radius 1 is 0.423 bits per heavy atom. The highest BCUT2D eigenvalue weighted by atomic mass is 79.9. The van der Waals surface area contributed by atoms with Crippen LogP contribution >= 0.6 is 15.9 Å². The van der Waals surface area contributed by atoms with E-state index in [1.807, 2.05) is 128 Å². The minimum Gasteiger partial charge on any atom is -0.405 e. The highest BCUT2D eigenvalue weighted by Crippen LogP contribution is 2.43. The van der Waals surface area contributed by atoms with Gasteiger partial charge in [0.15, 0.2) is 0 Å². The quantitative estimate of drug-likeness (QED) is 0.191. The van der Waals surface area contributed by atoms with Crippen molar-refractivity contribution >= 4 is 42.5 Å². The Labute approximate surface area is 320 Å². The first-order valence-corrected chi connectivity index (χ1v) is 18.7. The number of aromatic nitrogens is 2. The smallest absolute Gasteiger partial charge is 0.405 e. The number of nitrogens with zero attached hydrogens (tertiary/aromatic N) is 2. The van der Waals surface area contributed by atoms with Crippen molar-refractivity contribution in [3.63, 3.8) is 0 Å². The molecule has 0 amide bonds. The second kappa shape index (κ2) is 15.1. The number of hydrogen-bond acceptors (Lipinski definition) is 8. The van der Waals surface area contributed by atoms with E-state index in [1.54, 1.807) is 0 Å². The van der Waals surface area contributed by atoms with Crippen LogP contribution in [-0.4, -0.2) is 64.7 Å². The molecule has 0 unspecified atom stereocenters. The van der Waals surface area contributed by atoms with Crippen molar-refractivity contribution < 1.29 is 27.9 Å². The molecule has 0 aliphatic carbocycles. The lowest BCUT2D eigenvalue weighted by Crippen LogP contribution is -2.41. The molecule has 2 aromatic carbocycles. The summed E-state index contributed by atoms with van der Waals surface area (Å²) in [6.45, 7) is 24.4. The normalized spacial score (nSPS) is 21.5. The predicted molar refractivity (Wildman–Crippen MR) is 215 cm³/mol. The first kappa shape index (κ1) is 40.4. The van der Waals surface area contributed by atoms with E-state index in [0.29, 0.717) is 0 Å². The number of rotatable bonds is 4. The molecule has 0 radical (unpaired) electrons. The summed E-state index contributed by atoms with van der Waals surface area (Å²) in [5, 5.41) is 0. The van der Waals surface area contributed by atoms with Crippen molar-refractivity contribution in [3.8, 4) is 22.5 Å². The van der Waals surface area contributed by atoms with Crippen LogP contribution in [0.4, 0.5) is 0 Å². The van der Waals surface area contributed by atoms with Crippen LogP contribution in [0.25, 0.3) is 22.5 Å². The van der Waals surface area contributed by atoms with Gasteiger partial charge in [0.25, 0.3) is 0 Å². The van der Waals surface area contributed by atoms with E-state index in [-0.39, 0.29) is 40.7 Å². The van der Waals surface area contributed by atoms with E-state index in [2.05, 4.69) is 77.9 Å². The fourth-order valence-electron chi connectivity index (χ4n) is 5.46. The molecule has 12 heteroatoms. The van der Waals surface area contributed by atoms with Gasteiger partial charge in [0.1, 0.15) is 0 Å². The second-order valence-electron chi connectivity index (χ2n) is 16.4. The van der Waals surface area contributed by atoms with Crippen molar-refractivity contribution in [2.45, 2.75) is 117 Å². The van der Waals surface area contributed by atoms with Gasteiger partial charge in [0.2, 0.25) is 0 Å². The Kier molecular flexibility index (Phi) is 11.7. The topological polar surface area (TPSA) is 81.2 Å². The van der Waals surface area contributed by atoms with Gasteiger partial charge in [-0.1, -0.05) is 66.7 Å². The number of hydrogen-bond donors (Lipinski definition) is 0. The zero-order chi connectivity index (χ0) is 38.2. The van der Waals surface area contributed by atoms with Gasteiger partial charge in [-0.05, 0) is 117 Å². The van der Waals surface area contributed by atoms with Crippen molar-refractivity contribution in [3.05, 3.63) is 102 Å². The van der Waals surface area contributed by atoms with E-state index in [0.717, 1.165) is 32.5 Å². The molecule has 0 atom stereocenters. The fraction of sp³-hybridized carbons (Fsp3) is 0.450. The van der Waals surface area contributed by atoms with Gasteiger partial charge in [0.05, 0.1) is 45.0 Å². The van der Waals surface area contributed by atoms with Crippen LogP contribution < -0.4 is 5.46 Å². The third-order valence-electron chi connectivity index (χ3n) is 10.9. The molecule has 52 heavy (non-hydrogen) atoms. The minimum atomic E-state index is -0.476. The monoisotopic (exact) mass is 768 g/mol. The van der Waals surface area contributed by atoms with E-state index in [9.17, 15) is 0 Å². The molecule has 3 aliphatic heterocycles. The minimum absolute atomic E-state index is 0.324. The molecule has 7 rings (SSSR count). The van der Waals surface area contributed by atoms with Crippen molar-refractivity contribution in [2.75, 3.05) is 0 Å². The van der Waals surface area contributed by atoms with Crippen LogP contribution in [-0.2, 0) is 27.9 Å². The first-order valence-electron chi connectivity index (χ1n) is 17.9. The summed E-state index contributed by atoms with van der Waals surface area (Å²) in [5.41, 5.74) is 3.08. The highest BCUT2D eigenvalue weighted by Gasteiger charge is 2.63. The van der Waals surface area contributed by atoms with Crippen LogP contribution in [0.1, 0.15) is 83.1 Å². The molecule has 4 aromatic rings. The van der Waals surface area contributed by atoms with Crippen molar-refractivity contribution in [2.24, 2.45) is 0 Å². The van der Waals surface area contributed by atoms with E-state index in [4.69, 9.17) is 27.9 Å². The van der Waals surface area contributed by atoms with Gasteiger partial charge in [-0.15, -0.1) is 0 Å².